The zero-order valence-electron chi connectivity index (χ0n) is 23.4. The van der Waals surface area contributed by atoms with Crippen LogP contribution in [-0.2, 0) is 19.4 Å². The third-order valence-electron chi connectivity index (χ3n) is 7.19. The molecule has 8 nitrogen and oxygen atoms in total. The first-order chi connectivity index (χ1) is 18.9. The number of aliphatic imine (C=N–C) groups is 1. The lowest BCUT2D eigenvalue weighted by molar-refractivity contribution is 0.0686. The largest absolute Gasteiger partial charge is 0.490 e. The van der Waals surface area contributed by atoms with E-state index >= 15 is 0 Å². The van der Waals surface area contributed by atoms with E-state index in [0.29, 0.717) is 25.3 Å². The van der Waals surface area contributed by atoms with Crippen LogP contribution in [0.25, 0.3) is 0 Å². The maximum absolute atomic E-state index is 12.1. The summed E-state index contributed by atoms with van der Waals surface area (Å²) in [5.74, 6) is -0.538. The van der Waals surface area contributed by atoms with Gasteiger partial charge in [-0.1, -0.05) is 18.2 Å². The molecule has 8 heteroatoms. The van der Waals surface area contributed by atoms with E-state index in [0.717, 1.165) is 51.4 Å². The fourth-order valence-electron chi connectivity index (χ4n) is 5.53. The highest BCUT2D eigenvalue weighted by atomic mass is 16.5. The number of ether oxygens (including phenoxy) is 2. The van der Waals surface area contributed by atoms with E-state index in [2.05, 4.69) is 39.1 Å². The van der Waals surface area contributed by atoms with Gasteiger partial charge in [-0.25, -0.2) is 9.59 Å². The van der Waals surface area contributed by atoms with Crippen molar-refractivity contribution in [1.82, 2.24) is 0 Å². The first-order valence-electron chi connectivity index (χ1n) is 13.4. The van der Waals surface area contributed by atoms with Crippen LogP contribution in [0.2, 0.25) is 0 Å². The average molecular weight is 543 g/mol. The van der Waals surface area contributed by atoms with Crippen LogP contribution < -0.4 is 14.8 Å². The Labute approximate surface area is 233 Å². The van der Waals surface area contributed by atoms with Gasteiger partial charge in [0.15, 0.2) is 11.5 Å². The number of carboxylic acid groups (broad SMARTS) is 2. The first-order valence-corrected chi connectivity index (χ1v) is 13.4. The predicted octanol–water partition coefficient (Wildman–Crippen LogP) is 5.98. The Hall–Kier alpha value is -4.33. The van der Waals surface area contributed by atoms with Gasteiger partial charge >= 0.3 is 11.9 Å². The van der Waals surface area contributed by atoms with Gasteiger partial charge in [0.05, 0.1) is 29.0 Å². The summed E-state index contributed by atoms with van der Waals surface area (Å²) in [6.07, 6.45) is 1.44. The van der Waals surface area contributed by atoms with Crippen molar-refractivity contribution in [2.75, 3.05) is 11.9 Å². The number of carboxylic acids is 2. The van der Waals surface area contributed by atoms with Gasteiger partial charge in [-0.05, 0) is 82.5 Å². The molecule has 3 aromatic rings. The van der Waals surface area contributed by atoms with E-state index in [9.17, 15) is 14.7 Å². The van der Waals surface area contributed by atoms with Crippen LogP contribution in [0.1, 0.15) is 83.2 Å². The molecule has 0 atom stereocenters. The van der Waals surface area contributed by atoms with Crippen molar-refractivity contribution in [2.45, 2.75) is 65.1 Å². The van der Waals surface area contributed by atoms with Crippen LogP contribution in [0.3, 0.4) is 0 Å². The molecule has 0 bridgehead atoms. The minimum absolute atomic E-state index is 0.142. The molecule has 3 aromatic carbocycles. The monoisotopic (exact) mass is 542 g/mol. The zero-order chi connectivity index (χ0) is 28.8. The SMILES string of the molecule is CCOc1cc2c(c3c1OC(C)(C)C3)C(c1ccc(C(=O)O)c(NCc3ccc(C(=O)O)cc3)c1)=NC(C)(C)C2. The van der Waals surface area contributed by atoms with E-state index in [1.165, 1.54) is 12.1 Å². The minimum Gasteiger partial charge on any atom is -0.490 e. The molecule has 2 aliphatic rings. The highest BCUT2D eigenvalue weighted by molar-refractivity contribution is 6.17. The molecule has 0 saturated heterocycles. The molecule has 2 aliphatic heterocycles. The molecule has 0 saturated carbocycles. The van der Waals surface area contributed by atoms with Crippen molar-refractivity contribution < 1.29 is 29.3 Å². The Morgan fingerprint density at radius 3 is 2.38 bits per heavy atom. The third-order valence-corrected chi connectivity index (χ3v) is 7.19. The number of carbonyl (C=O) groups is 2. The summed E-state index contributed by atoms with van der Waals surface area (Å²) in [4.78, 5) is 28.5. The summed E-state index contributed by atoms with van der Waals surface area (Å²) in [6.45, 7) is 11.1. The van der Waals surface area contributed by atoms with Crippen LogP contribution in [0.15, 0.2) is 53.5 Å². The number of hydrogen-bond donors (Lipinski definition) is 3. The van der Waals surface area contributed by atoms with Crippen LogP contribution in [-0.4, -0.2) is 45.6 Å². The lowest BCUT2D eigenvalue weighted by atomic mass is 9.80. The number of nitrogens with one attached hydrogen (secondary N) is 1. The topological polar surface area (TPSA) is 117 Å². The number of nitrogens with zero attached hydrogens (tertiary/aromatic N) is 1. The summed E-state index contributed by atoms with van der Waals surface area (Å²) < 4.78 is 12.4. The molecule has 0 aromatic heterocycles. The molecule has 0 fully saturated rings. The number of anilines is 1. The van der Waals surface area contributed by atoms with E-state index in [1.54, 1.807) is 18.2 Å². The summed E-state index contributed by atoms with van der Waals surface area (Å²) in [5.41, 5.74) is 5.69. The molecule has 0 aliphatic carbocycles. The summed E-state index contributed by atoms with van der Waals surface area (Å²) in [6, 6.07) is 13.8. The summed E-state index contributed by atoms with van der Waals surface area (Å²) in [7, 11) is 0. The van der Waals surface area contributed by atoms with Gasteiger partial charge in [0.25, 0.3) is 0 Å². The average Bonchev–Trinajstić information content (AvgIpc) is 3.21. The quantitative estimate of drug-likeness (QED) is 0.321. The van der Waals surface area contributed by atoms with Crippen LogP contribution in [0.5, 0.6) is 11.5 Å². The van der Waals surface area contributed by atoms with Crippen molar-refractivity contribution in [2.24, 2.45) is 4.99 Å². The Morgan fingerprint density at radius 2 is 1.73 bits per heavy atom. The Morgan fingerprint density at radius 1 is 1.00 bits per heavy atom. The molecular weight excluding hydrogens is 508 g/mol. The Bertz CT molecular complexity index is 1540. The maximum atomic E-state index is 12.1. The molecular formula is C32H34N2O6. The lowest BCUT2D eigenvalue weighted by Crippen LogP contribution is -2.30. The van der Waals surface area contributed by atoms with E-state index in [4.69, 9.17) is 19.6 Å². The third kappa shape index (κ3) is 5.26. The molecule has 0 radical (unpaired) electrons. The normalized spacial score (nSPS) is 16.3. The number of rotatable bonds is 8. The molecule has 5 rings (SSSR count). The fraction of sp³-hybridized carbons (Fsp3) is 0.344. The number of benzene rings is 3. The van der Waals surface area contributed by atoms with Gasteiger partial charge in [-0.2, -0.15) is 0 Å². The minimum atomic E-state index is -1.04. The molecule has 0 amide bonds. The lowest BCUT2D eigenvalue weighted by Gasteiger charge is -2.31. The molecule has 2 heterocycles. The van der Waals surface area contributed by atoms with E-state index in [-0.39, 0.29) is 16.7 Å². The van der Waals surface area contributed by atoms with Crippen molar-refractivity contribution in [3.63, 3.8) is 0 Å². The smallest absolute Gasteiger partial charge is 0.337 e. The van der Waals surface area contributed by atoms with Gasteiger partial charge in [0.2, 0.25) is 0 Å². The molecule has 3 N–H and O–H groups in total. The van der Waals surface area contributed by atoms with Crippen molar-refractivity contribution in [3.05, 3.63) is 87.5 Å². The molecule has 40 heavy (non-hydrogen) atoms. The summed E-state index contributed by atoms with van der Waals surface area (Å²) in [5, 5.41) is 22.3. The van der Waals surface area contributed by atoms with Crippen LogP contribution in [0, 0.1) is 0 Å². The number of fused-ring (bicyclic) bond motifs is 3. The second kappa shape index (κ2) is 10.0. The van der Waals surface area contributed by atoms with Crippen LogP contribution in [0.4, 0.5) is 5.69 Å². The van der Waals surface area contributed by atoms with Gasteiger partial charge in [0, 0.05) is 35.3 Å². The number of hydrogen-bond acceptors (Lipinski definition) is 6. The van der Waals surface area contributed by atoms with Crippen LogP contribution >= 0.6 is 0 Å². The molecule has 0 unspecified atom stereocenters. The zero-order valence-corrected chi connectivity index (χ0v) is 23.4. The summed E-state index contributed by atoms with van der Waals surface area (Å²) >= 11 is 0. The van der Waals surface area contributed by atoms with Gasteiger partial charge in [0.1, 0.15) is 5.60 Å². The Kier molecular flexibility index (Phi) is 6.82. The second-order valence-corrected chi connectivity index (χ2v) is 11.6. The van der Waals surface area contributed by atoms with Gasteiger partial charge in [-0.15, -0.1) is 0 Å². The van der Waals surface area contributed by atoms with Crippen molar-refractivity contribution in [1.29, 1.82) is 0 Å². The molecule has 208 valence electrons. The van der Waals surface area contributed by atoms with E-state index in [1.807, 2.05) is 19.1 Å². The predicted molar refractivity (Wildman–Crippen MR) is 154 cm³/mol. The molecule has 0 spiro atoms. The highest BCUT2D eigenvalue weighted by Crippen LogP contribution is 2.48. The first kappa shape index (κ1) is 27.2. The Balaban J connectivity index is 1.58. The number of aromatic carboxylic acids is 2. The van der Waals surface area contributed by atoms with E-state index < -0.39 is 17.5 Å². The van der Waals surface area contributed by atoms with Crippen molar-refractivity contribution in [3.8, 4) is 11.5 Å². The maximum Gasteiger partial charge on any atom is 0.337 e. The highest BCUT2D eigenvalue weighted by Gasteiger charge is 2.40. The van der Waals surface area contributed by atoms with Gasteiger partial charge < -0.3 is 25.0 Å². The standard InChI is InChI=1S/C32H34N2O6/c1-6-39-25-14-21-15-31(2,3)34-27(26(21)23-16-32(4,5)40-28(23)25)20-11-12-22(30(37)38)24(13-20)33-17-18-7-9-19(10-8-18)29(35)36/h7-14,33H,6,15-17H2,1-5H3,(H,35,36)(H,37,38). The van der Waals surface area contributed by atoms with Crippen molar-refractivity contribution >= 4 is 23.3 Å². The fourth-order valence-corrected chi connectivity index (χ4v) is 5.53. The second-order valence-electron chi connectivity index (χ2n) is 11.6. The van der Waals surface area contributed by atoms with Gasteiger partial charge in [-0.3, -0.25) is 4.99 Å².